The maximum absolute atomic E-state index is 8.58. The lowest BCUT2D eigenvalue weighted by Gasteiger charge is -2.05. The number of oxime groups is 1. The standard InChI is InChI=1S/C14H16N4O2/c15-13(18-19)12-8-9-16-14(17-12)20-10-4-7-11-5-2-1-3-6-11/h1-3,5-6,8-9,19H,4,7,10H2,(H2,15,18). The van der Waals surface area contributed by atoms with Crippen LogP contribution in [0.2, 0.25) is 0 Å². The summed E-state index contributed by atoms with van der Waals surface area (Å²) in [6.45, 7) is 0.508. The molecule has 1 aromatic carbocycles. The summed E-state index contributed by atoms with van der Waals surface area (Å²) in [5.41, 5.74) is 7.05. The first-order valence-corrected chi connectivity index (χ1v) is 6.27. The summed E-state index contributed by atoms with van der Waals surface area (Å²) in [5.74, 6) is -0.0680. The first-order chi connectivity index (χ1) is 9.79. The Balaban J connectivity index is 1.82. The Hall–Kier alpha value is -2.63. The van der Waals surface area contributed by atoms with E-state index in [-0.39, 0.29) is 11.8 Å². The molecule has 0 spiro atoms. The third kappa shape index (κ3) is 3.94. The lowest BCUT2D eigenvalue weighted by atomic mass is 10.1. The van der Waals surface area contributed by atoms with Gasteiger partial charge >= 0.3 is 6.01 Å². The molecule has 0 atom stereocenters. The maximum Gasteiger partial charge on any atom is 0.317 e. The van der Waals surface area contributed by atoms with E-state index in [0.717, 1.165) is 12.8 Å². The molecule has 1 aromatic heterocycles. The highest BCUT2D eigenvalue weighted by atomic mass is 16.5. The molecule has 0 aliphatic heterocycles. The molecular formula is C14H16N4O2. The zero-order chi connectivity index (χ0) is 14.2. The Bertz CT molecular complexity index is 572. The van der Waals surface area contributed by atoms with Gasteiger partial charge in [0.05, 0.1) is 6.61 Å². The van der Waals surface area contributed by atoms with Gasteiger partial charge in [-0.25, -0.2) is 4.98 Å². The molecule has 0 amide bonds. The third-order valence-electron chi connectivity index (χ3n) is 2.69. The number of hydrogen-bond acceptors (Lipinski definition) is 5. The van der Waals surface area contributed by atoms with Crippen LogP contribution >= 0.6 is 0 Å². The molecule has 0 aliphatic carbocycles. The van der Waals surface area contributed by atoms with E-state index in [0.29, 0.717) is 12.3 Å². The summed E-state index contributed by atoms with van der Waals surface area (Å²) in [4.78, 5) is 8.01. The van der Waals surface area contributed by atoms with E-state index in [1.807, 2.05) is 18.2 Å². The van der Waals surface area contributed by atoms with Crippen LogP contribution in [-0.2, 0) is 6.42 Å². The van der Waals surface area contributed by atoms with Crippen molar-refractivity contribution in [1.82, 2.24) is 9.97 Å². The van der Waals surface area contributed by atoms with Crippen molar-refractivity contribution in [3.05, 3.63) is 53.9 Å². The minimum atomic E-state index is -0.0680. The lowest BCUT2D eigenvalue weighted by molar-refractivity contribution is 0.286. The van der Waals surface area contributed by atoms with Crippen LogP contribution in [-0.4, -0.2) is 27.6 Å². The van der Waals surface area contributed by atoms with Gasteiger partial charge < -0.3 is 15.7 Å². The molecule has 2 rings (SSSR count). The molecule has 0 saturated heterocycles. The van der Waals surface area contributed by atoms with Crippen LogP contribution in [0.4, 0.5) is 0 Å². The Morgan fingerprint density at radius 3 is 2.80 bits per heavy atom. The van der Waals surface area contributed by atoms with Gasteiger partial charge in [-0.2, -0.15) is 4.98 Å². The molecule has 6 heteroatoms. The molecule has 20 heavy (non-hydrogen) atoms. The number of aryl methyl sites for hydroxylation is 1. The van der Waals surface area contributed by atoms with E-state index in [1.165, 1.54) is 11.8 Å². The van der Waals surface area contributed by atoms with Crippen molar-refractivity contribution in [2.45, 2.75) is 12.8 Å². The fraction of sp³-hybridized carbons (Fsp3) is 0.214. The number of amidine groups is 1. The van der Waals surface area contributed by atoms with Crippen LogP contribution in [0.3, 0.4) is 0 Å². The van der Waals surface area contributed by atoms with E-state index < -0.39 is 0 Å². The van der Waals surface area contributed by atoms with Crippen LogP contribution in [0.15, 0.2) is 47.8 Å². The predicted octanol–water partition coefficient (Wildman–Crippen LogP) is 1.58. The molecule has 0 bridgehead atoms. The van der Waals surface area contributed by atoms with E-state index in [1.54, 1.807) is 6.07 Å². The molecule has 3 N–H and O–H groups in total. The molecule has 0 fully saturated rings. The van der Waals surface area contributed by atoms with Crippen molar-refractivity contribution in [3.8, 4) is 6.01 Å². The average Bonchev–Trinajstić information content (AvgIpc) is 2.52. The first-order valence-electron chi connectivity index (χ1n) is 6.27. The van der Waals surface area contributed by atoms with Crippen molar-refractivity contribution >= 4 is 5.84 Å². The molecular weight excluding hydrogens is 256 g/mol. The van der Waals surface area contributed by atoms with Crippen molar-refractivity contribution in [2.75, 3.05) is 6.61 Å². The largest absolute Gasteiger partial charge is 0.463 e. The molecule has 0 radical (unpaired) electrons. The van der Waals surface area contributed by atoms with E-state index >= 15 is 0 Å². The second-order valence-electron chi connectivity index (χ2n) is 4.15. The highest BCUT2D eigenvalue weighted by molar-refractivity contribution is 5.95. The van der Waals surface area contributed by atoms with Gasteiger partial charge in [0.2, 0.25) is 0 Å². The molecule has 2 aromatic rings. The van der Waals surface area contributed by atoms with E-state index in [2.05, 4.69) is 27.3 Å². The van der Waals surface area contributed by atoms with Crippen molar-refractivity contribution in [1.29, 1.82) is 0 Å². The van der Waals surface area contributed by atoms with Crippen LogP contribution in [0.5, 0.6) is 6.01 Å². The average molecular weight is 272 g/mol. The summed E-state index contributed by atoms with van der Waals surface area (Å²) in [7, 11) is 0. The molecule has 0 aliphatic rings. The Labute approximate surface area is 116 Å². The molecule has 0 saturated carbocycles. The third-order valence-corrected chi connectivity index (χ3v) is 2.69. The minimum Gasteiger partial charge on any atom is -0.463 e. The highest BCUT2D eigenvalue weighted by Gasteiger charge is 2.04. The number of hydrogen-bond donors (Lipinski definition) is 2. The molecule has 104 valence electrons. The fourth-order valence-corrected chi connectivity index (χ4v) is 1.69. The normalized spacial score (nSPS) is 11.3. The quantitative estimate of drug-likeness (QED) is 0.274. The van der Waals surface area contributed by atoms with Gasteiger partial charge in [0.25, 0.3) is 0 Å². The summed E-state index contributed by atoms with van der Waals surface area (Å²) in [5, 5.41) is 11.5. The summed E-state index contributed by atoms with van der Waals surface area (Å²) >= 11 is 0. The second kappa shape index (κ2) is 7.08. The van der Waals surface area contributed by atoms with Crippen LogP contribution < -0.4 is 10.5 Å². The van der Waals surface area contributed by atoms with Gasteiger partial charge in [0, 0.05) is 6.20 Å². The Morgan fingerprint density at radius 1 is 1.25 bits per heavy atom. The second-order valence-corrected chi connectivity index (χ2v) is 4.15. The number of benzene rings is 1. The number of rotatable bonds is 6. The van der Waals surface area contributed by atoms with Crippen LogP contribution in [0.25, 0.3) is 0 Å². The SMILES string of the molecule is N/C(=N/O)c1ccnc(OCCCc2ccccc2)n1. The van der Waals surface area contributed by atoms with E-state index in [9.17, 15) is 0 Å². The number of nitrogens with two attached hydrogens (primary N) is 1. The van der Waals surface area contributed by atoms with Crippen molar-refractivity contribution in [3.63, 3.8) is 0 Å². The van der Waals surface area contributed by atoms with Gasteiger partial charge in [-0.3, -0.25) is 0 Å². The van der Waals surface area contributed by atoms with Gasteiger partial charge in [0.1, 0.15) is 5.69 Å². The van der Waals surface area contributed by atoms with Crippen molar-refractivity contribution in [2.24, 2.45) is 10.9 Å². The monoisotopic (exact) mass is 272 g/mol. The lowest BCUT2D eigenvalue weighted by Crippen LogP contribution is -2.16. The zero-order valence-corrected chi connectivity index (χ0v) is 10.9. The minimum absolute atomic E-state index is 0.0680. The maximum atomic E-state index is 8.58. The summed E-state index contributed by atoms with van der Waals surface area (Å²) in [6.07, 6.45) is 3.30. The topological polar surface area (TPSA) is 93.6 Å². The van der Waals surface area contributed by atoms with E-state index in [4.69, 9.17) is 15.7 Å². The van der Waals surface area contributed by atoms with Gasteiger partial charge in [0.15, 0.2) is 5.84 Å². The van der Waals surface area contributed by atoms with Gasteiger partial charge in [-0.05, 0) is 24.5 Å². The van der Waals surface area contributed by atoms with Crippen molar-refractivity contribution < 1.29 is 9.94 Å². The zero-order valence-electron chi connectivity index (χ0n) is 10.9. The summed E-state index contributed by atoms with van der Waals surface area (Å²) in [6, 6.07) is 11.9. The summed E-state index contributed by atoms with van der Waals surface area (Å²) < 4.78 is 5.45. The van der Waals surface area contributed by atoms with Crippen LogP contribution in [0, 0.1) is 0 Å². The van der Waals surface area contributed by atoms with Gasteiger partial charge in [-0.1, -0.05) is 35.5 Å². The van der Waals surface area contributed by atoms with Crippen LogP contribution in [0.1, 0.15) is 17.7 Å². The first kappa shape index (κ1) is 13.8. The molecule has 1 heterocycles. The number of aromatic nitrogens is 2. The molecule has 6 nitrogen and oxygen atoms in total. The smallest absolute Gasteiger partial charge is 0.317 e. The number of ether oxygens (including phenoxy) is 1. The Kier molecular flexibility index (Phi) is 4.88. The van der Waals surface area contributed by atoms with Gasteiger partial charge in [-0.15, -0.1) is 0 Å². The predicted molar refractivity (Wildman–Crippen MR) is 74.8 cm³/mol. The number of nitrogens with zero attached hydrogens (tertiary/aromatic N) is 3. The Morgan fingerprint density at radius 2 is 2.05 bits per heavy atom. The highest BCUT2D eigenvalue weighted by Crippen LogP contribution is 2.06. The fourth-order valence-electron chi connectivity index (χ4n) is 1.69. The molecule has 0 unspecified atom stereocenters.